The number of benzene rings is 2. The molecule has 5 heteroatoms. The van der Waals surface area contributed by atoms with E-state index in [0.717, 1.165) is 52.1 Å². The first-order chi connectivity index (χ1) is 13.4. The van der Waals surface area contributed by atoms with E-state index >= 15 is 0 Å². The van der Waals surface area contributed by atoms with Crippen molar-refractivity contribution >= 4 is 28.9 Å². The minimum absolute atomic E-state index is 0.117. The maximum absolute atomic E-state index is 6.19. The normalized spacial score (nSPS) is 17.8. The summed E-state index contributed by atoms with van der Waals surface area (Å²) in [6, 6.07) is 12.8. The van der Waals surface area contributed by atoms with Gasteiger partial charge in [0.05, 0.1) is 10.0 Å². The summed E-state index contributed by atoms with van der Waals surface area (Å²) in [4.78, 5) is 5.17. The van der Waals surface area contributed by atoms with Gasteiger partial charge in [0.25, 0.3) is 0 Å². The van der Waals surface area contributed by atoms with Crippen molar-refractivity contribution in [1.82, 2.24) is 10.2 Å². The number of hydrogen-bond acceptors (Lipinski definition) is 3. The molecule has 2 aromatic rings. The molecular formula is C23H29Cl2N3. The minimum Gasteiger partial charge on any atom is -0.369 e. The summed E-state index contributed by atoms with van der Waals surface area (Å²) < 4.78 is 0. The van der Waals surface area contributed by atoms with Crippen LogP contribution in [0.2, 0.25) is 10.0 Å². The highest BCUT2D eigenvalue weighted by molar-refractivity contribution is 6.42. The molecule has 0 amide bonds. The maximum Gasteiger partial charge on any atom is 0.0595 e. The molecule has 0 bridgehead atoms. The number of halogens is 2. The smallest absolute Gasteiger partial charge is 0.0595 e. The van der Waals surface area contributed by atoms with Crippen LogP contribution in [0.3, 0.4) is 0 Å². The van der Waals surface area contributed by atoms with Crippen LogP contribution >= 0.6 is 23.2 Å². The molecule has 1 fully saturated rings. The highest BCUT2D eigenvalue weighted by Gasteiger charge is 2.33. The van der Waals surface area contributed by atoms with Crippen molar-refractivity contribution in [2.24, 2.45) is 0 Å². The standard InChI is InChI=1S/C23H29Cl2N3/c1-23(2,9-8-17-6-7-20(24)21(25)14-17)28-15-18-4-3-5-22(19(18)16-28)27-12-10-26-11-13-27/h3-7,14,26H,8-13,15-16H2,1-2H3. The molecule has 0 spiro atoms. The molecule has 2 aliphatic heterocycles. The third-order valence-electron chi connectivity index (χ3n) is 6.28. The Kier molecular flexibility index (Phi) is 5.89. The molecule has 0 aromatic heterocycles. The van der Waals surface area contributed by atoms with E-state index in [1.165, 1.54) is 22.4 Å². The van der Waals surface area contributed by atoms with Crippen LogP contribution in [0.5, 0.6) is 0 Å². The summed E-state index contributed by atoms with van der Waals surface area (Å²) in [5.74, 6) is 0. The van der Waals surface area contributed by atoms with E-state index in [0.29, 0.717) is 10.0 Å². The minimum atomic E-state index is 0.117. The first kappa shape index (κ1) is 20.0. The van der Waals surface area contributed by atoms with E-state index in [4.69, 9.17) is 23.2 Å². The number of aryl methyl sites for hydroxylation is 1. The molecule has 0 unspecified atom stereocenters. The highest BCUT2D eigenvalue weighted by atomic mass is 35.5. The number of hydrogen-bond donors (Lipinski definition) is 1. The van der Waals surface area contributed by atoms with E-state index in [1.54, 1.807) is 0 Å². The fraction of sp³-hybridized carbons (Fsp3) is 0.478. The Bertz CT molecular complexity index is 844. The van der Waals surface area contributed by atoms with Gasteiger partial charge in [-0.05, 0) is 61.6 Å². The van der Waals surface area contributed by atoms with E-state index in [2.05, 4.69) is 53.2 Å². The molecule has 0 saturated carbocycles. The van der Waals surface area contributed by atoms with Gasteiger partial charge in [0.15, 0.2) is 0 Å². The lowest BCUT2D eigenvalue weighted by Crippen LogP contribution is -2.44. The lowest BCUT2D eigenvalue weighted by molar-refractivity contribution is 0.109. The highest BCUT2D eigenvalue weighted by Crippen LogP contribution is 2.37. The summed E-state index contributed by atoms with van der Waals surface area (Å²) in [6.45, 7) is 11.1. The lowest BCUT2D eigenvalue weighted by Gasteiger charge is -2.36. The second-order valence-electron chi connectivity index (χ2n) is 8.57. The average Bonchev–Trinajstić information content (AvgIpc) is 3.15. The molecule has 1 saturated heterocycles. The number of nitrogens with one attached hydrogen (secondary N) is 1. The van der Waals surface area contributed by atoms with Crippen LogP contribution < -0.4 is 10.2 Å². The van der Waals surface area contributed by atoms with Gasteiger partial charge in [-0.3, -0.25) is 4.90 Å². The Morgan fingerprint density at radius 2 is 1.79 bits per heavy atom. The molecular weight excluding hydrogens is 389 g/mol. The molecule has 4 rings (SSSR count). The molecule has 3 nitrogen and oxygen atoms in total. The van der Waals surface area contributed by atoms with Crippen molar-refractivity contribution in [3.8, 4) is 0 Å². The SMILES string of the molecule is CC(C)(CCc1ccc(Cl)c(Cl)c1)N1Cc2cccc(N3CCNCC3)c2C1. The zero-order chi connectivity index (χ0) is 19.7. The molecule has 150 valence electrons. The fourth-order valence-corrected chi connectivity index (χ4v) is 4.66. The van der Waals surface area contributed by atoms with Crippen molar-refractivity contribution < 1.29 is 0 Å². The van der Waals surface area contributed by atoms with Crippen LogP contribution in [-0.4, -0.2) is 36.6 Å². The zero-order valence-electron chi connectivity index (χ0n) is 16.8. The van der Waals surface area contributed by atoms with Gasteiger partial charge in [0.1, 0.15) is 0 Å². The van der Waals surface area contributed by atoms with Crippen molar-refractivity contribution in [3.05, 3.63) is 63.1 Å². The van der Waals surface area contributed by atoms with Gasteiger partial charge in [-0.2, -0.15) is 0 Å². The Morgan fingerprint density at radius 3 is 2.54 bits per heavy atom. The largest absolute Gasteiger partial charge is 0.369 e. The van der Waals surface area contributed by atoms with Crippen LogP contribution in [0.15, 0.2) is 36.4 Å². The Hall–Kier alpha value is -1.26. The molecule has 0 aliphatic carbocycles. The monoisotopic (exact) mass is 417 g/mol. The number of piperazine rings is 1. The van der Waals surface area contributed by atoms with Gasteiger partial charge >= 0.3 is 0 Å². The summed E-state index contributed by atoms with van der Waals surface area (Å²) in [7, 11) is 0. The van der Waals surface area contributed by atoms with Gasteiger partial charge in [-0.25, -0.2) is 0 Å². The second kappa shape index (κ2) is 8.23. The van der Waals surface area contributed by atoms with Crippen LogP contribution in [0.1, 0.15) is 37.0 Å². The van der Waals surface area contributed by atoms with E-state index < -0.39 is 0 Å². The summed E-state index contributed by atoms with van der Waals surface area (Å²) in [6.07, 6.45) is 2.09. The third kappa shape index (κ3) is 4.18. The number of rotatable bonds is 5. The Labute approximate surface area is 178 Å². The molecule has 2 aromatic carbocycles. The molecule has 28 heavy (non-hydrogen) atoms. The van der Waals surface area contributed by atoms with Crippen molar-refractivity contribution in [2.75, 3.05) is 31.1 Å². The fourth-order valence-electron chi connectivity index (χ4n) is 4.34. The quantitative estimate of drug-likeness (QED) is 0.726. The maximum atomic E-state index is 6.19. The summed E-state index contributed by atoms with van der Waals surface area (Å²) in [5, 5.41) is 4.72. The predicted octanol–water partition coefficient (Wildman–Crippen LogP) is 5.13. The van der Waals surface area contributed by atoms with Crippen molar-refractivity contribution in [1.29, 1.82) is 0 Å². The van der Waals surface area contributed by atoms with Crippen molar-refractivity contribution in [3.63, 3.8) is 0 Å². The van der Waals surface area contributed by atoms with E-state index in [9.17, 15) is 0 Å². The molecule has 2 aliphatic rings. The molecule has 0 atom stereocenters. The second-order valence-corrected chi connectivity index (χ2v) is 9.38. The van der Waals surface area contributed by atoms with Gasteiger partial charge in [-0.15, -0.1) is 0 Å². The predicted molar refractivity (Wildman–Crippen MR) is 120 cm³/mol. The topological polar surface area (TPSA) is 18.5 Å². The number of anilines is 1. The van der Waals surface area contributed by atoms with Gasteiger partial charge in [0, 0.05) is 50.5 Å². The van der Waals surface area contributed by atoms with Gasteiger partial charge < -0.3 is 10.2 Å². The van der Waals surface area contributed by atoms with Crippen LogP contribution in [0.4, 0.5) is 5.69 Å². The average molecular weight is 418 g/mol. The number of fused-ring (bicyclic) bond motifs is 1. The summed E-state index contributed by atoms with van der Waals surface area (Å²) in [5.41, 5.74) is 5.81. The Morgan fingerprint density at radius 1 is 1.00 bits per heavy atom. The van der Waals surface area contributed by atoms with E-state index in [-0.39, 0.29) is 5.54 Å². The summed E-state index contributed by atoms with van der Waals surface area (Å²) >= 11 is 12.2. The molecule has 0 radical (unpaired) electrons. The first-order valence-electron chi connectivity index (χ1n) is 10.2. The van der Waals surface area contributed by atoms with Crippen LogP contribution in [0, 0.1) is 0 Å². The first-order valence-corrected chi connectivity index (χ1v) is 10.9. The molecule has 2 heterocycles. The molecule has 1 N–H and O–H groups in total. The van der Waals surface area contributed by atoms with Gasteiger partial charge in [-0.1, -0.05) is 41.4 Å². The number of nitrogens with zero attached hydrogens (tertiary/aromatic N) is 2. The van der Waals surface area contributed by atoms with Crippen LogP contribution in [-0.2, 0) is 19.5 Å². The Balaban J connectivity index is 1.46. The van der Waals surface area contributed by atoms with E-state index in [1.807, 2.05) is 12.1 Å². The lowest BCUT2D eigenvalue weighted by atomic mass is 9.93. The van der Waals surface area contributed by atoms with Crippen molar-refractivity contribution in [2.45, 2.75) is 45.3 Å². The van der Waals surface area contributed by atoms with Crippen LogP contribution in [0.25, 0.3) is 0 Å². The zero-order valence-corrected chi connectivity index (χ0v) is 18.3. The van der Waals surface area contributed by atoms with Gasteiger partial charge in [0.2, 0.25) is 0 Å². The third-order valence-corrected chi connectivity index (χ3v) is 7.02.